The van der Waals surface area contributed by atoms with E-state index in [-0.39, 0.29) is 16.7 Å². The average Bonchev–Trinajstić information content (AvgIpc) is 3.01. The van der Waals surface area contributed by atoms with Crippen LogP contribution in [0.5, 0.6) is 5.75 Å². The zero-order valence-electron chi connectivity index (χ0n) is 25.9. The molecular formula is C29H14F18O6S2. The molecule has 0 saturated heterocycles. The Balaban J connectivity index is 0.000000289. The van der Waals surface area contributed by atoms with Gasteiger partial charge in [-0.3, -0.25) is 0 Å². The molecule has 304 valence electrons. The van der Waals surface area contributed by atoms with Crippen LogP contribution < -0.4 is 0 Å². The lowest BCUT2D eigenvalue weighted by Gasteiger charge is -2.13. The third kappa shape index (κ3) is 10.7. The average molecular weight is 865 g/mol. The van der Waals surface area contributed by atoms with Crippen molar-refractivity contribution in [3.8, 4) is 28.0 Å². The van der Waals surface area contributed by atoms with Gasteiger partial charge in [-0.05, 0) is 48.4 Å². The van der Waals surface area contributed by atoms with E-state index in [4.69, 9.17) is 0 Å². The van der Waals surface area contributed by atoms with E-state index in [9.17, 15) is 101 Å². The van der Waals surface area contributed by atoms with Crippen molar-refractivity contribution in [3.05, 3.63) is 112 Å². The molecule has 4 aromatic rings. The zero-order chi connectivity index (χ0) is 42.9. The molecule has 0 spiro atoms. The molecule has 1 N–H and O–H groups in total. The van der Waals surface area contributed by atoms with Crippen LogP contribution in [0.1, 0.15) is 16.7 Å². The maximum absolute atomic E-state index is 13.7. The molecule has 0 aliphatic carbocycles. The molecule has 0 atom stereocenters. The molecule has 4 aromatic carbocycles. The Labute approximate surface area is 295 Å². The Morgan fingerprint density at radius 3 is 1.18 bits per heavy atom. The molecule has 0 bridgehead atoms. The third-order valence-corrected chi connectivity index (χ3v) is 8.91. The van der Waals surface area contributed by atoms with Gasteiger partial charge < -0.3 is 5.11 Å². The summed E-state index contributed by atoms with van der Waals surface area (Å²) in [7, 11) is -13.7. The lowest BCUT2D eigenvalue weighted by atomic mass is 9.97. The Morgan fingerprint density at radius 2 is 0.818 bits per heavy atom. The number of halogens is 18. The number of phenols is 1. The molecule has 0 saturated carbocycles. The molecule has 0 heterocycles. The second-order valence-electron chi connectivity index (χ2n) is 9.99. The Kier molecular flexibility index (Phi) is 13.7. The van der Waals surface area contributed by atoms with Crippen LogP contribution in [0.2, 0.25) is 0 Å². The zero-order valence-corrected chi connectivity index (χ0v) is 27.5. The van der Waals surface area contributed by atoms with E-state index in [0.29, 0.717) is 18.2 Å². The van der Waals surface area contributed by atoms with Gasteiger partial charge in [-0.15, -0.1) is 3.63 Å². The molecule has 0 aromatic heterocycles. The van der Waals surface area contributed by atoms with Crippen LogP contribution in [0.3, 0.4) is 0 Å². The molecule has 0 aliphatic rings. The molecule has 55 heavy (non-hydrogen) atoms. The Morgan fingerprint density at radius 1 is 0.473 bits per heavy atom. The number of phenolic OH excluding ortho intramolecular Hbond substituents is 1. The molecule has 26 heteroatoms. The monoisotopic (exact) mass is 864 g/mol. The summed E-state index contributed by atoms with van der Waals surface area (Å²) in [5.41, 5.74) is -17.5. The summed E-state index contributed by atoms with van der Waals surface area (Å²) in [4.78, 5) is 0. The minimum absolute atomic E-state index is 0.118. The van der Waals surface area contributed by atoms with Crippen LogP contribution in [-0.4, -0.2) is 33.0 Å². The van der Waals surface area contributed by atoms with Crippen molar-refractivity contribution in [3.63, 3.8) is 0 Å². The van der Waals surface area contributed by atoms with E-state index in [0.717, 1.165) is 37.3 Å². The fourth-order valence-electron chi connectivity index (χ4n) is 3.82. The van der Waals surface area contributed by atoms with E-state index in [1.807, 2.05) is 3.63 Å². The summed E-state index contributed by atoms with van der Waals surface area (Å²) in [6.07, 6.45) is -9.84. The molecule has 0 amide bonds. The van der Waals surface area contributed by atoms with E-state index < -0.39 is 107 Å². The van der Waals surface area contributed by atoms with E-state index >= 15 is 0 Å². The van der Waals surface area contributed by atoms with E-state index in [1.165, 1.54) is 12.1 Å². The first-order chi connectivity index (χ1) is 24.7. The summed E-state index contributed by atoms with van der Waals surface area (Å²) in [6, 6.07) is 8.61. The summed E-state index contributed by atoms with van der Waals surface area (Å²) >= 11 is 0. The first-order valence-corrected chi connectivity index (χ1v) is 16.2. The van der Waals surface area contributed by atoms with Crippen molar-refractivity contribution in [1.29, 1.82) is 0 Å². The fourth-order valence-corrected chi connectivity index (χ4v) is 5.38. The van der Waals surface area contributed by atoms with Gasteiger partial charge >= 0.3 is 43.6 Å². The van der Waals surface area contributed by atoms with Crippen molar-refractivity contribution in [1.82, 2.24) is 0 Å². The van der Waals surface area contributed by atoms with Crippen LogP contribution in [0.4, 0.5) is 79.0 Å². The highest BCUT2D eigenvalue weighted by atomic mass is 32.3. The maximum atomic E-state index is 13.7. The first kappa shape index (κ1) is 46.4. The van der Waals surface area contributed by atoms with Gasteiger partial charge in [0.05, 0.1) is 11.1 Å². The minimum Gasteiger partial charge on any atom is -0.504 e. The van der Waals surface area contributed by atoms with Gasteiger partial charge in [0.2, 0.25) is 0 Å². The number of benzene rings is 4. The lowest BCUT2D eigenvalue weighted by Crippen LogP contribution is -2.34. The minimum atomic E-state index is -6.85. The highest BCUT2D eigenvalue weighted by Crippen LogP contribution is 2.41. The van der Waals surface area contributed by atoms with Gasteiger partial charge in [0.15, 0.2) is 34.8 Å². The number of rotatable bonds is 4. The lowest BCUT2D eigenvalue weighted by molar-refractivity contribution is -0.140. The van der Waals surface area contributed by atoms with Gasteiger partial charge in [-0.2, -0.15) is 69.5 Å². The highest BCUT2D eigenvalue weighted by molar-refractivity contribution is 8.00. The molecule has 0 fully saturated rings. The normalized spacial score (nSPS) is 12.7. The van der Waals surface area contributed by atoms with Crippen LogP contribution in [0, 0.1) is 41.8 Å². The van der Waals surface area contributed by atoms with E-state index in [1.54, 1.807) is 0 Å². The van der Waals surface area contributed by atoms with Crippen LogP contribution in [-0.2, 0) is 36.2 Å². The smallest absolute Gasteiger partial charge is 0.504 e. The van der Waals surface area contributed by atoms with Crippen molar-refractivity contribution in [2.24, 2.45) is 0 Å². The fraction of sp³-hybridized carbons (Fsp3) is 0.172. The van der Waals surface area contributed by atoms with Gasteiger partial charge in [0, 0.05) is 16.7 Å². The molecule has 0 radical (unpaired) electrons. The largest absolute Gasteiger partial charge is 0.524 e. The number of alkyl halides is 12. The van der Waals surface area contributed by atoms with Gasteiger partial charge in [-0.1, -0.05) is 30.3 Å². The highest BCUT2D eigenvalue weighted by Gasteiger charge is 2.57. The number of hydrogen-bond donors (Lipinski definition) is 1. The Hall–Kier alpha value is -4.72. The second-order valence-corrected chi connectivity index (χ2v) is 13.3. The van der Waals surface area contributed by atoms with Gasteiger partial charge in [-0.25, -0.2) is 26.3 Å². The second kappa shape index (κ2) is 16.2. The first-order valence-electron chi connectivity index (χ1n) is 13.3. The van der Waals surface area contributed by atoms with Crippen LogP contribution >= 0.6 is 0 Å². The van der Waals surface area contributed by atoms with Crippen LogP contribution in [0.15, 0.2) is 60.7 Å². The third-order valence-electron chi connectivity index (χ3n) is 6.34. The molecule has 6 nitrogen and oxygen atoms in total. The summed E-state index contributed by atoms with van der Waals surface area (Å²) in [6.45, 7) is 1.09. The predicted molar refractivity (Wildman–Crippen MR) is 151 cm³/mol. The predicted octanol–water partition coefficient (Wildman–Crippen LogP) is 10.3. The molecular weight excluding hydrogens is 850 g/mol. The summed E-state index contributed by atoms with van der Waals surface area (Å²) in [5, 5.41) is 9.45. The number of aromatic hydroxyl groups is 1. The number of hydrogen-bond acceptors (Lipinski definition) is 6. The standard InChI is InChI=1S/C14H8F6.C13H6F6O.C2F6O5S2/c1-7-8(9-3-2-4-11(15)13(9)17)5-6-10(12(7)16)14(18,19)20;14-9-3-1-2-6(10(9)15)7-4-5-8(13(17,18)19)11(16)12(7)20;3-1(4,5)14(9,10)13-15(11,12)2(6,7)8/h2-6H,1H3;1-5,20H;. The van der Waals surface area contributed by atoms with Crippen molar-refractivity contribution >= 4 is 20.2 Å². The van der Waals surface area contributed by atoms with Gasteiger partial charge in [0.25, 0.3) is 0 Å². The molecule has 4 rings (SSSR count). The summed E-state index contributed by atoms with van der Waals surface area (Å²) in [5.74, 6) is -9.83. The van der Waals surface area contributed by atoms with Crippen molar-refractivity contribution < 1.29 is 105 Å². The SMILES string of the molecule is Cc1c(-c2cccc(F)c2F)ccc(C(F)(F)F)c1F.O=S(=O)(OS(=O)(=O)C(F)(F)F)C(F)(F)F.Oc1c(-c2cccc(F)c2F)ccc(C(F)(F)F)c1F. The van der Waals surface area contributed by atoms with E-state index in [2.05, 4.69) is 0 Å². The summed E-state index contributed by atoms with van der Waals surface area (Å²) < 4.78 is 265. The molecule has 0 aliphatic heterocycles. The maximum Gasteiger partial charge on any atom is 0.524 e. The Bertz CT molecular complexity index is 2100. The van der Waals surface area contributed by atoms with Gasteiger partial charge in [0.1, 0.15) is 5.82 Å². The van der Waals surface area contributed by atoms with Crippen molar-refractivity contribution in [2.45, 2.75) is 30.3 Å². The quantitative estimate of drug-likeness (QED) is 0.162. The van der Waals surface area contributed by atoms with Crippen molar-refractivity contribution in [2.75, 3.05) is 0 Å². The topological polar surface area (TPSA) is 97.7 Å². The molecule has 0 unspecified atom stereocenters. The van der Waals surface area contributed by atoms with Crippen LogP contribution in [0.25, 0.3) is 22.3 Å².